The number of hydrogen-bond acceptors (Lipinski definition) is 6. The number of carbonyl (C=O) groups excluding carboxylic acids is 3. The van der Waals surface area contributed by atoms with Crippen LogP contribution in [-0.4, -0.2) is 104 Å². The largest absolute Gasteiger partial charge is 0.465 e. The van der Waals surface area contributed by atoms with Gasteiger partial charge in [0.05, 0.1) is 23.4 Å². The zero-order chi connectivity index (χ0) is 46.3. The summed E-state index contributed by atoms with van der Waals surface area (Å²) in [6.45, 7) is 11.3. The maximum absolute atomic E-state index is 14.6. The third-order valence-corrected chi connectivity index (χ3v) is 11.3. The van der Waals surface area contributed by atoms with Crippen molar-refractivity contribution in [2.75, 3.05) is 20.1 Å². The molecular weight excluding hydrogens is 814 g/mol. The standard InChI is InChI=1S/C48H59F3N6O6/c1-46(2,3)40(55(7)45(62)63)42(59)53-36(27-32-16-20-34(21-17-32)37-15-11-12-24-52-37)29-39(58)38(28-31-13-9-8-10-14-31)54-43(60)41(47(4,5)6)57-26-25-56(44(57)61)30-33-18-22-35(23-19-33)48(49,50)51/h8-24,36,38-41,58H,25-30H2,1-7H3,(H,53,59)(H,54,60)(H,62,63)/t36-,38-,39-,40+,41+/m0/s1. The fraction of sp³-hybridized carbons (Fsp3) is 0.438. The summed E-state index contributed by atoms with van der Waals surface area (Å²) < 4.78 is 39.6. The van der Waals surface area contributed by atoms with E-state index in [1.807, 2.05) is 93.6 Å². The van der Waals surface area contributed by atoms with E-state index in [2.05, 4.69) is 15.6 Å². The fourth-order valence-electron chi connectivity index (χ4n) is 8.24. The van der Waals surface area contributed by atoms with Gasteiger partial charge in [-0.1, -0.05) is 114 Å². The van der Waals surface area contributed by atoms with E-state index in [9.17, 15) is 42.6 Å². The number of benzene rings is 3. The Balaban J connectivity index is 1.41. The van der Waals surface area contributed by atoms with Crippen LogP contribution in [0.25, 0.3) is 11.3 Å². The Morgan fingerprint density at radius 1 is 0.762 bits per heavy atom. The van der Waals surface area contributed by atoms with Gasteiger partial charge in [-0.05, 0) is 71.0 Å². The van der Waals surface area contributed by atoms with Crippen molar-refractivity contribution in [3.8, 4) is 11.3 Å². The minimum absolute atomic E-state index is 0.0388. The van der Waals surface area contributed by atoms with Crippen LogP contribution in [0.4, 0.5) is 22.8 Å². The maximum atomic E-state index is 14.6. The molecule has 0 saturated carbocycles. The quantitative estimate of drug-likeness (QED) is 0.0902. The van der Waals surface area contributed by atoms with Gasteiger partial charge in [0.15, 0.2) is 0 Å². The minimum atomic E-state index is -4.49. The van der Waals surface area contributed by atoms with Gasteiger partial charge in [0, 0.05) is 44.5 Å². The first kappa shape index (κ1) is 48.1. The van der Waals surface area contributed by atoms with Crippen molar-refractivity contribution in [2.24, 2.45) is 10.8 Å². The van der Waals surface area contributed by atoms with Crippen molar-refractivity contribution in [3.05, 3.63) is 126 Å². The Morgan fingerprint density at radius 2 is 1.37 bits per heavy atom. The molecule has 12 nitrogen and oxygen atoms in total. The summed E-state index contributed by atoms with van der Waals surface area (Å²) in [4.78, 5) is 63.1. The zero-order valence-electron chi connectivity index (χ0n) is 36.9. The van der Waals surface area contributed by atoms with E-state index in [-0.39, 0.29) is 38.9 Å². The van der Waals surface area contributed by atoms with E-state index in [4.69, 9.17) is 0 Å². The summed E-state index contributed by atoms with van der Waals surface area (Å²) in [7, 11) is 1.34. The van der Waals surface area contributed by atoms with Crippen molar-refractivity contribution in [2.45, 2.75) is 104 Å². The molecule has 0 aliphatic carbocycles. The predicted molar refractivity (Wildman–Crippen MR) is 234 cm³/mol. The first-order chi connectivity index (χ1) is 29.5. The highest BCUT2D eigenvalue weighted by molar-refractivity contribution is 5.89. The number of likely N-dealkylation sites (N-methyl/N-ethyl adjacent to an activating group) is 1. The number of pyridine rings is 1. The van der Waals surface area contributed by atoms with Crippen LogP contribution >= 0.6 is 0 Å². The molecule has 1 saturated heterocycles. The molecular formula is C48H59F3N6O6. The average Bonchev–Trinajstić information content (AvgIpc) is 3.55. The number of amides is 5. The van der Waals surface area contributed by atoms with Crippen LogP contribution in [0.15, 0.2) is 103 Å². The number of carboxylic acid groups (broad SMARTS) is 1. The number of aromatic nitrogens is 1. The number of rotatable bonds is 16. The number of nitrogens with zero attached hydrogens (tertiary/aromatic N) is 4. The molecule has 63 heavy (non-hydrogen) atoms. The summed E-state index contributed by atoms with van der Waals surface area (Å²) in [5.74, 6) is -1.05. The second kappa shape index (κ2) is 20.0. The number of carbonyl (C=O) groups is 4. The molecule has 1 aliphatic rings. The molecule has 0 bridgehead atoms. The van der Waals surface area contributed by atoms with Gasteiger partial charge in [-0.15, -0.1) is 0 Å². The number of aliphatic hydroxyl groups excluding tert-OH is 1. The number of nitrogens with one attached hydrogen (secondary N) is 2. The monoisotopic (exact) mass is 872 g/mol. The minimum Gasteiger partial charge on any atom is -0.465 e. The van der Waals surface area contributed by atoms with Gasteiger partial charge in [-0.2, -0.15) is 13.2 Å². The summed E-state index contributed by atoms with van der Waals surface area (Å²) in [6, 6.07) is 23.0. The zero-order valence-corrected chi connectivity index (χ0v) is 36.9. The number of halogens is 3. The Bertz CT molecular complexity index is 2160. The molecule has 0 spiro atoms. The summed E-state index contributed by atoms with van der Waals surface area (Å²) in [6.07, 6.45) is -4.89. The SMILES string of the molecule is CN(C(=O)O)[C@H](C(=O)N[C@@H](Cc1ccc(-c2ccccn2)cc1)C[C@H](O)[C@H](Cc1ccccc1)NC(=O)[C@@H](N1CCN(Cc2ccc(C(F)(F)F)cc2)C1=O)C(C)(C)C)C(C)(C)C. The van der Waals surface area contributed by atoms with Gasteiger partial charge in [-0.25, -0.2) is 9.59 Å². The van der Waals surface area contributed by atoms with E-state index >= 15 is 0 Å². The van der Waals surface area contributed by atoms with Gasteiger partial charge in [-0.3, -0.25) is 19.5 Å². The Morgan fingerprint density at radius 3 is 1.92 bits per heavy atom. The number of aliphatic hydroxyl groups is 1. The second-order valence-corrected chi connectivity index (χ2v) is 18.5. The van der Waals surface area contributed by atoms with Crippen LogP contribution in [-0.2, 0) is 35.2 Å². The van der Waals surface area contributed by atoms with E-state index in [0.29, 0.717) is 5.56 Å². The molecule has 1 aromatic heterocycles. The van der Waals surface area contributed by atoms with Gasteiger partial charge in [0.2, 0.25) is 11.8 Å². The maximum Gasteiger partial charge on any atom is 0.416 e. The lowest BCUT2D eigenvalue weighted by molar-refractivity contribution is -0.137. The normalized spacial score (nSPS) is 15.9. The molecule has 0 unspecified atom stereocenters. The molecule has 5 amide bonds. The molecule has 1 aliphatic heterocycles. The highest BCUT2D eigenvalue weighted by Gasteiger charge is 2.45. The average molecular weight is 873 g/mol. The Hall–Kier alpha value is -5.96. The fourth-order valence-corrected chi connectivity index (χ4v) is 8.24. The van der Waals surface area contributed by atoms with Crippen LogP contribution in [0.2, 0.25) is 0 Å². The van der Waals surface area contributed by atoms with Crippen molar-refractivity contribution in [1.82, 2.24) is 30.3 Å². The van der Waals surface area contributed by atoms with E-state index in [1.54, 1.807) is 27.0 Å². The van der Waals surface area contributed by atoms with Crippen LogP contribution in [0, 0.1) is 10.8 Å². The van der Waals surface area contributed by atoms with Crippen LogP contribution in [0.3, 0.4) is 0 Å². The summed E-state index contributed by atoms with van der Waals surface area (Å²) in [5.41, 5.74) is 1.45. The van der Waals surface area contributed by atoms with Gasteiger partial charge < -0.3 is 30.6 Å². The lowest BCUT2D eigenvalue weighted by Gasteiger charge is -2.38. The topological polar surface area (TPSA) is 155 Å². The van der Waals surface area contributed by atoms with E-state index in [1.165, 1.54) is 29.0 Å². The number of urea groups is 1. The van der Waals surface area contributed by atoms with Crippen molar-refractivity contribution in [3.63, 3.8) is 0 Å². The van der Waals surface area contributed by atoms with Crippen molar-refractivity contribution in [1.29, 1.82) is 0 Å². The predicted octanol–water partition coefficient (Wildman–Crippen LogP) is 7.65. The number of alkyl halides is 3. The Kier molecular flexibility index (Phi) is 15.3. The smallest absolute Gasteiger partial charge is 0.416 e. The molecule has 5 rings (SSSR count). The molecule has 4 aromatic rings. The van der Waals surface area contributed by atoms with Gasteiger partial charge >= 0.3 is 18.3 Å². The molecule has 15 heteroatoms. The van der Waals surface area contributed by atoms with E-state index in [0.717, 1.165) is 39.4 Å². The Labute approximate surface area is 367 Å². The van der Waals surface area contributed by atoms with Crippen LogP contribution in [0.1, 0.15) is 70.2 Å². The third kappa shape index (κ3) is 12.8. The lowest BCUT2D eigenvalue weighted by atomic mass is 9.84. The van der Waals surface area contributed by atoms with Crippen molar-refractivity contribution >= 4 is 23.9 Å². The van der Waals surface area contributed by atoms with Crippen molar-refractivity contribution < 1.29 is 42.6 Å². The van der Waals surface area contributed by atoms with E-state index < -0.39 is 76.8 Å². The second-order valence-electron chi connectivity index (χ2n) is 18.5. The molecule has 1 fully saturated rings. The van der Waals surface area contributed by atoms with Gasteiger partial charge in [0.25, 0.3) is 0 Å². The van der Waals surface area contributed by atoms with Crippen LogP contribution < -0.4 is 10.6 Å². The molecule has 338 valence electrons. The highest BCUT2D eigenvalue weighted by atomic mass is 19.4. The molecule has 3 aromatic carbocycles. The van der Waals surface area contributed by atoms with Gasteiger partial charge in [0.1, 0.15) is 12.1 Å². The highest BCUT2D eigenvalue weighted by Crippen LogP contribution is 2.32. The van der Waals surface area contributed by atoms with Crippen LogP contribution in [0.5, 0.6) is 0 Å². The first-order valence-electron chi connectivity index (χ1n) is 21.0. The molecule has 2 heterocycles. The first-order valence-corrected chi connectivity index (χ1v) is 21.0. The molecule has 4 N–H and O–H groups in total. The molecule has 0 radical (unpaired) electrons. The third-order valence-electron chi connectivity index (χ3n) is 11.3. The number of hydrogen-bond donors (Lipinski definition) is 4. The molecule has 5 atom stereocenters. The summed E-state index contributed by atoms with van der Waals surface area (Å²) >= 11 is 0. The lowest BCUT2D eigenvalue weighted by Crippen LogP contribution is -2.59. The summed E-state index contributed by atoms with van der Waals surface area (Å²) in [5, 5.41) is 28.2.